The van der Waals surface area contributed by atoms with Crippen LogP contribution in [-0.4, -0.2) is 157 Å². The van der Waals surface area contributed by atoms with Gasteiger partial charge in [-0.2, -0.15) is 0 Å². The van der Waals surface area contributed by atoms with Gasteiger partial charge in [0.25, 0.3) is 0 Å². The summed E-state index contributed by atoms with van der Waals surface area (Å²) >= 11 is 0. The maximum absolute atomic E-state index is 10.6. The molecule has 3 aromatic carbocycles. The van der Waals surface area contributed by atoms with Gasteiger partial charge in [-0.1, -0.05) is 6.07 Å². The first kappa shape index (κ1) is 45.3. The predicted octanol–water partition coefficient (Wildman–Crippen LogP) is -4.24. The summed E-state index contributed by atoms with van der Waals surface area (Å²) in [7, 11) is 0. The first-order valence-corrected chi connectivity index (χ1v) is 16.7. The lowest BCUT2D eigenvalue weighted by Gasteiger charge is -2.39. The Morgan fingerprint density at radius 3 is 1.69 bits per heavy atom. The SMILES string of the molecule is O=C(O)/C=C/c1ccc(O)c(O)c1.OC[C@H]1O[C@@H](Oc2cc3c(O[C@@H]4O[C@H](CO)[C@@H](O)[C@H](O)[C@H]4O)cc(O)cc3[o+]c2-c2cc(O)c(O)c(O)c2)[C@H](O)[C@@H](O)[C@@H]1O.[Cl-]. The smallest absolute Gasteiger partial charge is 0.402 e. The second-order valence-corrected chi connectivity index (χ2v) is 12.7. The van der Waals surface area contributed by atoms with Crippen molar-refractivity contribution in [3.8, 4) is 57.3 Å². The summed E-state index contributed by atoms with van der Waals surface area (Å²) in [6.07, 6.45) is -14.5. The van der Waals surface area contributed by atoms with Gasteiger partial charge in [0.2, 0.25) is 18.3 Å². The van der Waals surface area contributed by atoms with E-state index < -0.39 is 104 Å². The van der Waals surface area contributed by atoms with Crippen LogP contribution in [-0.2, 0) is 14.3 Å². The molecule has 2 saturated heterocycles. The zero-order valence-corrected chi connectivity index (χ0v) is 30.3. The number of carboxylic acids is 1. The van der Waals surface area contributed by atoms with Gasteiger partial charge in [-0.25, -0.2) is 9.21 Å². The Bertz CT molecular complexity index is 2070. The van der Waals surface area contributed by atoms with E-state index in [4.69, 9.17) is 38.7 Å². The molecule has 10 atom stereocenters. The minimum atomic E-state index is -1.87. The van der Waals surface area contributed by atoms with E-state index in [-0.39, 0.29) is 57.7 Å². The Balaban J connectivity index is 0.000000454. The highest BCUT2D eigenvalue weighted by Gasteiger charge is 2.47. The lowest BCUT2D eigenvalue weighted by Crippen LogP contribution is -3.00. The van der Waals surface area contributed by atoms with Crippen molar-refractivity contribution in [2.24, 2.45) is 0 Å². The van der Waals surface area contributed by atoms with Crippen LogP contribution in [0.4, 0.5) is 0 Å². The molecule has 0 aliphatic carbocycles. The predicted molar refractivity (Wildman–Crippen MR) is 188 cm³/mol. The number of halogens is 1. The average molecular weight is 843 g/mol. The summed E-state index contributed by atoms with van der Waals surface area (Å²) in [6, 6.07) is 9.41. The van der Waals surface area contributed by atoms with Crippen LogP contribution < -0.4 is 21.9 Å². The standard InChI is InChI=1S/C27H30O17.C9H8O4.ClH/c28-6-16-19(34)21(36)23(38)26(43-16)41-14-4-9(30)3-13-10(14)5-15(25(40-13)8-1-11(31)18(33)12(32)2-8)42-27-24(39)22(37)20(35)17(7-29)44-27;10-7-3-1-6(5-8(7)11)2-4-9(12)13;/h1-5,16-17,19-24,26-29,34-39H,6-7H2,(H3-,30,31,32,33);1-5,10-11H,(H,12,13);1H/b;4-2+;/t16-,17-,19-,20-,21+,22+,23-,24-,26-,27-;;/m1../s1. The Labute approximate surface area is 331 Å². The zero-order chi connectivity index (χ0) is 41.9. The van der Waals surface area contributed by atoms with Crippen molar-refractivity contribution in [3.05, 3.63) is 60.2 Å². The molecule has 0 spiro atoms. The number of aromatic hydroxyl groups is 6. The van der Waals surface area contributed by atoms with Crippen molar-refractivity contribution >= 4 is 23.0 Å². The minimum Gasteiger partial charge on any atom is -1.00 e. The molecule has 2 fully saturated rings. The number of rotatable bonds is 9. The topological polar surface area (TPSA) is 369 Å². The van der Waals surface area contributed by atoms with E-state index in [2.05, 4.69) is 0 Å². The monoisotopic (exact) mass is 842 g/mol. The Kier molecular flexibility index (Phi) is 14.7. The highest BCUT2D eigenvalue weighted by Crippen LogP contribution is 2.45. The van der Waals surface area contributed by atoms with Gasteiger partial charge in [0.1, 0.15) is 65.7 Å². The van der Waals surface area contributed by atoms with Gasteiger partial charge >= 0.3 is 17.3 Å². The molecule has 4 aromatic rings. The fourth-order valence-electron chi connectivity index (χ4n) is 5.68. The third kappa shape index (κ3) is 9.81. The Morgan fingerprint density at radius 1 is 0.655 bits per heavy atom. The maximum Gasteiger partial charge on any atom is 0.402 e. The number of aliphatic hydroxyl groups is 8. The number of aliphatic hydroxyl groups excluding tert-OH is 8. The molecule has 0 amide bonds. The van der Waals surface area contributed by atoms with Crippen molar-refractivity contribution in [3.63, 3.8) is 0 Å². The van der Waals surface area contributed by atoms with Gasteiger partial charge < -0.3 is 108 Å². The van der Waals surface area contributed by atoms with Crippen LogP contribution in [0.3, 0.4) is 0 Å². The number of phenolic OH excluding ortho intramolecular Hbond substituents is 6. The van der Waals surface area contributed by atoms with Gasteiger partial charge in [-0.15, -0.1) is 0 Å². The van der Waals surface area contributed by atoms with Crippen molar-refractivity contribution in [2.75, 3.05) is 13.2 Å². The van der Waals surface area contributed by atoms with Crippen LogP contribution >= 0.6 is 0 Å². The molecule has 0 radical (unpaired) electrons. The zero-order valence-electron chi connectivity index (χ0n) is 29.5. The van der Waals surface area contributed by atoms with E-state index in [1.807, 2.05) is 0 Å². The van der Waals surface area contributed by atoms with E-state index in [0.29, 0.717) is 5.56 Å². The van der Waals surface area contributed by atoms with Crippen LogP contribution in [0, 0.1) is 0 Å². The molecule has 22 heteroatoms. The lowest BCUT2D eigenvalue weighted by molar-refractivity contribution is -0.277. The van der Waals surface area contributed by atoms with E-state index in [0.717, 1.165) is 30.3 Å². The first-order chi connectivity index (χ1) is 26.9. The van der Waals surface area contributed by atoms with Gasteiger partial charge in [0.15, 0.2) is 28.7 Å². The average Bonchev–Trinajstić information content (AvgIpc) is 3.17. The second kappa shape index (κ2) is 18.9. The normalized spacial score (nSPS) is 27.0. The van der Waals surface area contributed by atoms with Crippen LogP contribution in [0.15, 0.2) is 59.0 Å². The molecule has 21 nitrogen and oxygen atoms in total. The van der Waals surface area contributed by atoms with E-state index in [9.17, 15) is 66.1 Å². The van der Waals surface area contributed by atoms with Crippen LogP contribution in [0.1, 0.15) is 5.56 Å². The minimum absolute atomic E-state index is 0. The largest absolute Gasteiger partial charge is 1.00 e. The first-order valence-electron chi connectivity index (χ1n) is 16.7. The fourth-order valence-corrected chi connectivity index (χ4v) is 5.68. The van der Waals surface area contributed by atoms with E-state index in [1.54, 1.807) is 0 Å². The van der Waals surface area contributed by atoms with Gasteiger partial charge in [-0.05, 0) is 23.8 Å². The van der Waals surface area contributed by atoms with Crippen molar-refractivity contribution in [1.82, 2.24) is 0 Å². The number of ether oxygens (including phenoxy) is 4. The van der Waals surface area contributed by atoms with E-state index in [1.165, 1.54) is 30.3 Å². The van der Waals surface area contributed by atoms with Crippen molar-refractivity contribution in [1.29, 1.82) is 0 Å². The number of hydrogen-bond donors (Lipinski definition) is 15. The quantitative estimate of drug-likeness (QED) is 0.0431. The number of benzene rings is 3. The second-order valence-electron chi connectivity index (χ2n) is 12.7. The molecule has 3 heterocycles. The third-order valence-corrected chi connectivity index (χ3v) is 8.73. The van der Waals surface area contributed by atoms with Crippen molar-refractivity contribution < 1.29 is 117 Å². The highest BCUT2D eigenvalue weighted by molar-refractivity contribution is 5.89. The fraction of sp³-hybridized carbons (Fsp3) is 0.333. The van der Waals surface area contributed by atoms with Gasteiger partial charge in [0, 0.05) is 30.3 Å². The molecule has 0 unspecified atom stereocenters. The highest BCUT2D eigenvalue weighted by atomic mass is 35.5. The third-order valence-electron chi connectivity index (χ3n) is 8.73. The molecule has 0 saturated carbocycles. The van der Waals surface area contributed by atoms with Gasteiger partial charge in [-0.3, -0.25) is 0 Å². The number of aliphatic carboxylic acids is 1. The molecular weight excluding hydrogens is 804 g/mol. The number of carboxylic acid groups (broad SMARTS) is 1. The van der Waals surface area contributed by atoms with E-state index >= 15 is 0 Å². The Hall–Kier alpha value is -5.43. The molecule has 316 valence electrons. The molecule has 2 aliphatic rings. The Morgan fingerprint density at radius 2 is 1.19 bits per heavy atom. The number of fused-ring (bicyclic) bond motifs is 1. The van der Waals surface area contributed by atoms with Crippen LogP contribution in [0.5, 0.6) is 46.0 Å². The summed E-state index contributed by atoms with van der Waals surface area (Å²) in [6.45, 7) is -1.51. The molecule has 6 rings (SSSR count). The number of carbonyl (C=O) groups is 1. The molecule has 1 aromatic heterocycles. The summed E-state index contributed by atoms with van der Waals surface area (Å²) in [5.74, 6) is -5.28. The molecule has 15 N–H and O–H groups in total. The maximum atomic E-state index is 10.6. The van der Waals surface area contributed by atoms with Crippen LogP contribution in [0.25, 0.3) is 28.4 Å². The lowest BCUT2D eigenvalue weighted by atomic mass is 9.99. The molecule has 2 aliphatic heterocycles. The van der Waals surface area contributed by atoms with Gasteiger partial charge in [0.05, 0.1) is 24.8 Å². The summed E-state index contributed by atoms with van der Waals surface area (Å²) < 4.78 is 28.2. The summed E-state index contributed by atoms with van der Waals surface area (Å²) in [5, 5.41) is 147. The molecule has 58 heavy (non-hydrogen) atoms. The molecule has 0 bridgehead atoms. The summed E-state index contributed by atoms with van der Waals surface area (Å²) in [5.41, 5.74) is 0.254. The van der Waals surface area contributed by atoms with Crippen molar-refractivity contribution in [2.45, 2.75) is 61.4 Å². The number of hydrogen-bond acceptors (Lipinski definition) is 19. The number of phenols is 6. The molecular formula is C36H39ClO21. The summed E-state index contributed by atoms with van der Waals surface area (Å²) in [4.78, 5) is 10.1. The van der Waals surface area contributed by atoms with Crippen LogP contribution in [0.2, 0.25) is 0 Å².